The quantitative estimate of drug-likeness (QED) is 0.129. The summed E-state index contributed by atoms with van der Waals surface area (Å²) < 4.78 is 1.92. The van der Waals surface area contributed by atoms with Crippen molar-refractivity contribution in [3.05, 3.63) is 156 Å². The average molecular weight is 610 g/mol. The van der Waals surface area contributed by atoms with Crippen LogP contribution in [0.4, 0.5) is 21.2 Å². The van der Waals surface area contributed by atoms with Gasteiger partial charge >= 0.3 is 12.1 Å². The van der Waals surface area contributed by atoms with E-state index >= 15 is 0 Å². The van der Waals surface area contributed by atoms with Crippen LogP contribution in [0, 0.1) is 0 Å². The third-order valence-electron chi connectivity index (χ3n) is 7.92. The van der Waals surface area contributed by atoms with Gasteiger partial charge in [-0.25, -0.2) is 19.3 Å². The summed E-state index contributed by atoms with van der Waals surface area (Å²) in [5, 5.41) is 17.3. The van der Waals surface area contributed by atoms with Crippen molar-refractivity contribution in [1.82, 2.24) is 25.4 Å². The van der Waals surface area contributed by atoms with Gasteiger partial charge in [0.25, 0.3) is 0 Å². The summed E-state index contributed by atoms with van der Waals surface area (Å²) in [4.78, 5) is 30.5. The largest absolute Gasteiger partial charge is 0.338 e. The van der Waals surface area contributed by atoms with Gasteiger partial charge in [-0.15, -0.1) is 0 Å². The number of benzene rings is 4. The van der Waals surface area contributed by atoms with Crippen LogP contribution in [0.3, 0.4) is 0 Å². The molecule has 9 heteroatoms. The minimum atomic E-state index is -0.966. The molecule has 0 radical (unpaired) electrons. The van der Waals surface area contributed by atoms with E-state index in [4.69, 9.17) is 5.10 Å². The molecule has 4 amide bonds. The summed E-state index contributed by atoms with van der Waals surface area (Å²) >= 11 is 0. The van der Waals surface area contributed by atoms with Crippen LogP contribution in [-0.4, -0.2) is 33.4 Å². The predicted octanol–water partition coefficient (Wildman–Crippen LogP) is 7.30. The number of amides is 4. The van der Waals surface area contributed by atoms with Gasteiger partial charge in [-0.1, -0.05) is 121 Å². The maximum Gasteiger partial charge on any atom is 0.320 e. The number of carbonyl (C=O) groups excluding carboxylic acids is 2. The molecule has 0 bridgehead atoms. The molecule has 0 spiro atoms. The van der Waals surface area contributed by atoms with E-state index < -0.39 is 11.6 Å². The fraction of sp³-hybridized carbons (Fsp3) is 0.135. The Morgan fingerprint density at radius 3 is 1.78 bits per heavy atom. The highest BCUT2D eigenvalue weighted by Crippen LogP contribution is 2.43. The van der Waals surface area contributed by atoms with Gasteiger partial charge in [-0.05, 0) is 36.1 Å². The van der Waals surface area contributed by atoms with Crippen molar-refractivity contribution in [3.8, 4) is 0 Å². The number of carbonyl (C=O) groups is 2. The van der Waals surface area contributed by atoms with Crippen LogP contribution in [-0.2, 0) is 5.54 Å². The second kappa shape index (κ2) is 13.4. The van der Waals surface area contributed by atoms with Crippen LogP contribution in [0.2, 0.25) is 0 Å². The van der Waals surface area contributed by atoms with Crippen molar-refractivity contribution in [2.24, 2.45) is 0 Å². The normalized spacial score (nSPS) is 11.9. The highest BCUT2D eigenvalue weighted by Gasteiger charge is 2.41. The molecule has 6 aromatic rings. The van der Waals surface area contributed by atoms with Gasteiger partial charge in [0, 0.05) is 18.8 Å². The summed E-state index contributed by atoms with van der Waals surface area (Å²) in [5.74, 6) is 0.674. The van der Waals surface area contributed by atoms with Crippen LogP contribution < -0.4 is 21.3 Å². The standard InChI is InChI=1S/C37H35N7O2/c1-3-38-35(45)42-34-31-25-39-33(41-36(46)40-26(2)27-16-8-4-9-17-27)24-32(31)44(43-34)37(28-18-10-5-11-19-28,29-20-12-6-13-21-29)30-22-14-7-15-23-30/h4-26H,3H2,1-2H3,(H2,38,42,43,45)(H2,39,40,41,46). The molecule has 4 N–H and O–H groups in total. The van der Waals surface area contributed by atoms with Gasteiger partial charge in [-0.3, -0.25) is 10.6 Å². The first-order valence-corrected chi connectivity index (χ1v) is 15.2. The fourth-order valence-corrected chi connectivity index (χ4v) is 5.82. The van der Waals surface area contributed by atoms with Crippen LogP contribution in [0.15, 0.2) is 134 Å². The van der Waals surface area contributed by atoms with Crippen molar-refractivity contribution in [1.29, 1.82) is 0 Å². The number of rotatable bonds is 9. The number of nitrogens with zero attached hydrogens (tertiary/aromatic N) is 3. The first-order chi connectivity index (χ1) is 22.5. The molecule has 0 aliphatic carbocycles. The molecule has 0 aliphatic rings. The number of fused-ring (bicyclic) bond motifs is 1. The number of urea groups is 2. The summed E-state index contributed by atoms with van der Waals surface area (Å²) in [6.45, 7) is 4.23. The Balaban J connectivity index is 1.54. The van der Waals surface area contributed by atoms with E-state index in [1.165, 1.54) is 0 Å². The molecule has 230 valence electrons. The summed E-state index contributed by atoms with van der Waals surface area (Å²) in [5.41, 5.74) is 3.56. The predicted molar refractivity (Wildman–Crippen MR) is 182 cm³/mol. The van der Waals surface area contributed by atoms with Gasteiger partial charge in [0.15, 0.2) is 5.82 Å². The molecule has 0 aliphatic heterocycles. The molecular weight excluding hydrogens is 574 g/mol. The molecule has 2 heterocycles. The first-order valence-electron chi connectivity index (χ1n) is 15.2. The molecule has 2 aromatic heterocycles. The summed E-state index contributed by atoms with van der Waals surface area (Å²) in [6.07, 6.45) is 1.63. The van der Waals surface area contributed by atoms with E-state index in [1.54, 1.807) is 12.3 Å². The summed E-state index contributed by atoms with van der Waals surface area (Å²) in [7, 11) is 0. The monoisotopic (exact) mass is 609 g/mol. The second-order valence-electron chi connectivity index (χ2n) is 10.9. The Kier molecular flexibility index (Phi) is 8.73. The average Bonchev–Trinajstić information content (AvgIpc) is 3.44. The molecule has 6 rings (SSSR count). The lowest BCUT2D eigenvalue weighted by Crippen LogP contribution is -2.38. The van der Waals surface area contributed by atoms with Crippen molar-refractivity contribution >= 4 is 34.6 Å². The third kappa shape index (κ3) is 5.90. The van der Waals surface area contributed by atoms with E-state index in [9.17, 15) is 9.59 Å². The van der Waals surface area contributed by atoms with Gasteiger partial charge in [0.05, 0.1) is 16.9 Å². The molecule has 1 atom stereocenters. The molecule has 0 fully saturated rings. The highest BCUT2D eigenvalue weighted by atomic mass is 16.2. The van der Waals surface area contributed by atoms with Crippen molar-refractivity contribution in [3.63, 3.8) is 0 Å². The van der Waals surface area contributed by atoms with E-state index in [-0.39, 0.29) is 12.1 Å². The summed E-state index contributed by atoms with van der Waals surface area (Å²) in [6, 6.07) is 40.9. The molecule has 46 heavy (non-hydrogen) atoms. The van der Waals surface area contributed by atoms with Crippen LogP contribution in [0.1, 0.15) is 42.1 Å². The van der Waals surface area contributed by atoms with E-state index in [2.05, 4.69) is 62.6 Å². The van der Waals surface area contributed by atoms with Gasteiger partial charge in [0.1, 0.15) is 11.4 Å². The Labute approximate surface area is 267 Å². The maximum atomic E-state index is 13.2. The first kappa shape index (κ1) is 30.1. The number of hydrogen-bond donors (Lipinski definition) is 4. The van der Waals surface area contributed by atoms with Gasteiger partial charge in [0.2, 0.25) is 0 Å². The Bertz CT molecular complexity index is 1830. The Morgan fingerprint density at radius 1 is 0.739 bits per heavy atom. The topological polar surface area (TPSA) is 113 Å². The number of pyridine rings is 1. The Hall–Kier alpha value is -5.96. The number of nitrogens with one attached hydrogen (secondary N) is 4. The lowest BCUT2D eigenvalue weighted by Gasteiger charge is -2.37. The lowest BCUT2D eigenvalue weighted by atomic mass is 9.77. The smallest absolute Gasteiger partial charge is 0.320 e. The molecular formula is C37H35N7O2. The van der Waals surface area contributed by atoms with Crippen molar-refractivity contribution in [2.75, 3.05) is 17.2 Å². The van der Waals surface area contributed by atoms with E-state index in [0.717, 1.165) is 22.3 Å². The van der Waals surface area contributed by atoms with Gasteiger partial charge < -0.3 is 10.6 Å². The van der Waals surface area contributed by atoms with Crippen LogP contribution in [0.5, 0.6) is 0 Å². The van der Waals surface area contributed by atoms with Gasteiger partial charge in [-0.2, -0.15) is 5.10 Å². The fourth-order valence-electron chi connectivity index (χ4n) is 5.82. The maximum absolute atomic E-state index is 13.2. The number of anilines is 2. The Morgan fingerprint density at radius 2 is 1.26 bits per heavy atom. The zero-order valence-corrected chi connectivity index (χ0v) is 25.6. The van der Waals surface area contributed by atoms with E-state index in [1.807, 2.05) is 103 Å². The van der Waals surface area contributed by atoms with E-state index in [0.29, 0.717) is 29.1 Å². The zero-order valence-electron chi connectivity index (χ0n) is 25.6. The minimum absolute atomic E-state index is 0.217. The number of aromatic nitrogens is 3. The van der Waals surface area contributed by atoms with Crippen LogP contribution in [0.25, 0.3) is 10.9 Å². The molecule has 1 unspecified atom stereocenters. The van der Waals surface area contributed by atoms with Crippen LogP contribution >= 0.6 is 0 Å². The SMILES string of the molecule is CCNC(=O)Nc1nn(C(c2ccccc2)(c2ccccc2)c2ccccc2)c2cc(NC(=O)NC(C)c3ccccc3)ncc12. The lowest BCUT2D eigenvalue weighted by molar-refractivity contribution is 0.249. The highest BCUT2D eigenvalue weighted by molar-refractivity contribution is 6.00. The second-order valence-corrected chi connectivity index (χ2v) is 10.9. The molecule has 9 nitrogen and oxygen atoms in total. The third-order valence-corrected chi connectivity index (χ3v) is 7.92. The molecule has 4 aromatic carbocycles. The molecule has 0 saturated carbocycles. The number of hydrogen-bond acceptors (Lipinski definition) is 4. The molecule has 0 saturated heterocycles. The minimum Gasteiger partial charge on any atom is -0.338 e. The van der Waals surface area contributed by atoms with Crippen molar-refractivity contribution in [2.45, 2.75) is 25.4 Å². The van der Waals surface area contributed by atoms with Crippen molar-refractivity contribution < 1.29 is 9.59 Å². The zero-order chi connectivity index (χ0) is 31.9.